The van der Waals surface area contributed by atoms with Crippen molar-refractivity contribution in [3.05, 3.63) is 35.9 Å². The van der Waals surface area contributed by atoms with Crippen LogP contribution in [0.5, 0.6) is 5.88 Å². The Labute approximate surface area is 227 Å². The lowest BCUT2D eigenvalue weighted by Gasteiger charge is -2.45. The van der Waals surface area contributed by atoms with Crippen molar-refractivity contribution < 1.29 is 19.1 Å². The predicted octanol–water partition coefficient (Wildman–Crippen LogP) is 3.87. The number of aryl methyl sites for hydroxylation is 1. The Balaban J connectivity index is 1.34. The zero-order valence-electron chi connectivity index (χ0n) is 23.6. The number of hydrogen-bond acceptors (Lipinski definition) is 8. The molecule has 0 radical (unpaired) electrons. The minimum Gasteiger partial charge on any atom is -0.479 e. The lowest BCUT2D eigenvalue weighted by molar-refractivity contribution is 0.00565. The number of anilines is 3. The van der Waals surface area contributed by atoms with Crippen LogP contribution >= 0.6 is 0 Å². The number of fused-ring (bicyclic) bond motifs is 2. The number of methoxy groups -OCH3 is 1. The largest absolute Gasteiger partial charge is 0.479 e. The van der Waals surface area contributed by atoms with Gasteiger partial charge >= 0.3 is 12.1 Å². The molecule has 2 atom stereocenters. The molecule has 3 aromatic rings. The summed E-state index contributed by atoms with van der Waals surface area (Å²) in [6, 6.07) is 1.58. The van der Waals surface area contributed by atoms with Crippen LogP contribution in [0.15, 0.2) is 24.7 Å². The molecule has 208 valence electrons. The van der Waals surface area contributed by atoms with Crippen molar-refractivity contribution in [3.63, 3.8) is 0 Å². The van der Waals surface area contributed by atoms with Gasteiger partial charge in [-0.2, -0.15) is 4.98 Å². The summed E-state index contributed by atoms with van der Waals surface area (Å²) in [5.41, 5.74) is 2.76. The zero-order chi connectivity index (χ0) is 28.1. The van der Waals surface area contributed by atoms with Gasteiger partial charge < -0.3 is 19.7 Å². The first-order chi connectivity index (χ1) is 18.4. The van der Waals surface area contributed by atoms with Gasteiger partial charge in [0.15, 0.2) is 0 Å². The molecule has 0 aromatic carbocycles. The molecule has 3 amide bonds. The number of nitrogens with zero attached hydrogens (tertiary/aromatic N) is 7. The molecule has 5 rings (SSSR count). The van der Waals surface area contributed by atoms with Gasteiger partial charge in [-0.1, -0.05) is 0 Å². The van der Waals surface area contributed by atoms with Crippen molar-refractivity contribution in [2.45, 2.75) is 65.6 Å². The molecule has 2 aliphatic heterocycles. The van der Waals surface area contributed by atoms with Gasteiger partial charge in [-0.15, -0.1) is 0 Å². The number of carbonyl (C=O) groups is 2. The number of carbonyl (C=O) groups excluding carboxylic acids is 2. The van der Waals surface area contributed by atoms with E-state index >= 15 is 0 Å². The SMILES string of the molecule is COc1nc2nc(C)cn2cc1NC(=O)N1CCc2c(N3C[C@@H](C)N(C(=O)OC(C)(C)C)[C@@H](C)C3)ccnc21. The molecule has 0 aliphatic carbocycles. The maximum Gasteiger partial charge on any atom is 0.410 e. The number of imidazole rings is 1. The van der Waals surface area contributed by atoms with E-state index in [1.165, 1.54) is 7.11 Å². The molecule has 0 saturated carbocycles. The minimum absolute atomic E-state index is 0.0464. The maximum absolute atomic E-state index is 13.4. The second kappa shape index (κ2) is 9.90. The molecule has 1 fully saturated rings. The third kappa shape index (κ3) is 5.15. The molecule has 12 nitrogen and oxygen atoms in total. The summed E-state index contributed by atoms with van der Waals surface area (Å²) in [7, 11) is 1.51. The van der Waals surface area contributed by atoms with E-state index in [1.54, 1.807) is 21.7 Å². The summed E-state index contributed by atoms with van der Waals surface area (Å²) in [6.45, 7) is 13.4. The number of rotatable bonds is 3. The molecular weight excluding hydrogens is 500 g/mol. The molecule has 1 saturated heterocycles. The normalized spacial score (nSPS) is 19.3. The van der Waals surface area contributed by atoms with Gasteiger partial charge in [0.05, 0.1) is 24.9 Å². The Kier molecular flexibility index (Phi) is 6.73. The number of amides is 3. The topological polar surface area (TPSA) is 117 Å². The monoisotopic (exact) mass is 536 g/mol. The van der Waals surface area contributed by atoms with Crippen molar-refractivity contribution in [3.8, 4) is 5.88 Å². The third-order valence-electron chi connectivity index (χ3n) is 6.93. The average molecular weight is 537 g/mol. The maximum atomic E-state index is 13.4. The zero-order valence-corrected chi connectivity index (χ0v) is 23.6. The fraction of sp³-hybridized carbons (Fsp3) is 0.519. The molecule has 0 bridgehead atoms. The summed E-state index contributed by atoms with van der Waals surface area (Å²) in [5, 5.41) is 2.93. The van der Waals surface area contributed by atoms with Crippen LogP contribution in [0.2, 0.25) is 0 Å². The number of hydrogen-bond donors (Lipinski definition) is 1. The second-order valence-corrected chi connectivity index (χ2v) is 11.2. The van der Waals surface area contributed by atoms with Gasteiger partial charge in [0, 0.05) is 49.5 Å². The van der Waals surface area contributed by atoms with E-state index in [0.29, 0.717) is 43.3 Å². The molecule has 5 heterocycles. The molecule has 39 heavy (non-hydrogen) atoms. The highest BCUT2D eigenvalue weighted by atomic mass is 16.6. The number of piperazine rings is 1. The van der Waals surface area contributed by atoms with E-state index in [9.17, 15) is 9.59 Å². The predicted molar refractivity (Wildman–Crippen MR) is 148 cm³/mol. The van der Waals surface area contributed by atoms with Crippen LogP contribution in [0, 0.1) is 6.92 Å². The van der Waals surface area contributed by atoms with Crippen LogP contribution in [0.25, 0.3) is 5.78 Å². The number of pyridine rings is 1. The summed E-state index contributed by atoms with van der Waals surface area (Å²) < 4.78 is 12.8. The van der Waals surface area contributed by atoms with E-state index in [1.807, 2.05) is 58.7 Å². The first kappa shape index (κ1) is 26.5. The Hall–Kier alpha value is -4.09. The molecular formula is C27H36N8O4. The standard InChI is InChI=1S/C27H36N8O4/c1-16-12-33-15-20(23(38-7)31-24(33)29-16)30-25(36)34-11-9-19-21(8-10-28-22(19)34)32-13-17(2)35(18(3)14-32)26(37)39-27(4,5)6/h8,10,12,15,17-18H,9,11,13-14H2,1-7H3,(H,30,36)/t17-,18+. The van der Waals surface area contributed by atoms with E-state index in [-0.39, 0.29) is 30.1 Å². The Morgan fingerprint density at radius 2 is 1.82 bits per heavy atom. The Morgan fingerprint density at radius 3 is 2.49 bits per heavy atom. The van der Waals surface area contributed by atoms with Gasteiger partial charge in [-0.05, 0) is 54.0 Å². The van der Waals surface area contributed by atoms with E-state index in [2.05, 4.69) is 25.2 Å². The van der Waals surface area contributed by atoms with Crippen LogP contribution in [-0.2, 0) is 11.2 Å². The minimum atomic E-state index is -0.548. The molecule has 12 heteroatoms. The highest BCUT2D eigenvalue weighted by Gasteiger charge is 2.38. The summed E-state index contributed by atoms with van der Waals surface area (Å²) in [6.07, 6.45) is 5.70. The van der Waals surface area contributed by atoms with Crippen LogP contribution in [-0.4, -0.2) is 80.8 Å². The summed E-state index contributed by atoms with van der Waals surface area (Å²) in [4.78, 5) is 45.3. The summed E-state index contributed by atoms with van der Waals surface area (Å²) in [5.74, 6) is 1.41. The van der Waals surface area contributed by atoms with Gasteiger partial charge in [0.25, 0.3) is 0 Å². The van der Waals surface area contributed by atoms with Gasteiger partial charge in [0.1, 0.15) is 17.1 Å². The highest BCUT2D eigenvalue weighted by Crippen LogP contribution is 2.36. The van der Waals surface area contributed by atoms with Gasteiger partial charge in [-0.25, -0.2) is 19.6 Å². The Morgan fingerprint density at radius 1 is 1.10 bits per heavy atom. The fourth-order valence-electron chi connectivity index (χ4n) is 5.41. The Bertz CT molecular complexity index is 1400. The van der Waals surface area contributed by atoms with Crippen molar-refractivity contribution in [1.29, 1.82) is 0 Å². The quantitative estimate of drug-likeness (QED) is 0.536. The number of urea groups is 1. The highest BCUT2D eigenvalue weighted by molar-refractivity contribution is 6.03. The van der Waals surface area contributed by atoms with Crippen LogP contribution in [0.1, 0.15) is 45.9 Å². The average Bonchev–Trinajstić information content (AvgIpc) is 3.44. The van der Waals surface area contributed by atoms with Crippen molar-refractivity contribution in [1.82, 2.24) is 24.3 Å². The number of nitrogens with one attached hydrogen (secondary N) is 1. The first-order valence-electron chi connectivity index (χ1n) is 13.2. The van der Waals surface area contributed by atoms with Crippen LogP contribution in [0.3, 0.4) is 0 Å². The smallest absolute Gasteiger partial charge is 0.410 e. The second-order valence-electron chi connectivity index (χ2n) is 11.2. The fourth-order valence-corrected chi connectivity index (χ4v) is 5.41. The third-order valence-corrected chi connectivity index (χ3v) is 6.93. The summed E-state index contributed by atoms with van der Waals surface area (Å²) >= 11 is 0. The lowest BCUT2D eigenvalue weighted by Crippen LogP contribution is -2.59. The molecule has 2 aliphatic rings. The first-order valence-corrected chi connectivity index (χ1v) is 13.2. The van der Waals surface area contributed by atoms with Crippen molar-refractivity contribution in [2.24, 2.45) is 0 Å². The number of ether oxygens (including phenoxy) is 2. The van der Waals surface area contributed by atoms with Crippen LogP contribution < -0.4 is 19.9 Å². The van der Waals surface area contributed by atoms with E-state index in [0.717, 1.165) is 16.9 Å². The molecule has 0 unspecified atom stereocenters. The lowest BCUT2D eigenvalue weighted by atomic mass is 10.1. The van der Waals surface area contributed by atoms with E-state index in [4.69, 9.17) is 9.47 Å². The number of aromatic nitrogens is 4. The molecule has 1 N–H and O–H groups in total. The van der Waals surface area contributed by atoms with Gasteiger partial charge in [0.2, 0.25) is 11.7 Å². The van der Waals surface area contributed by atoms with E-state index < -0.39 is 5.60 Å². The van der Waals surface area contributed by atoms with Crippen molar-refractivity contribution in [2.75, 3.05) is 41.9 Å². The van der Waals surface area contributed by atoms with Gasteiger partial charge in [-0.3, -0.25) is 14.2 Å². The molecule has 0 spiro atoms. The van der Waals surface area contributed by atoms with Crippen LogP contribution in [0.4, 0.5) is 26.8 Å². The van der Waals surface area contributed by atoms with Crippen molar-refractivity contribution >= 4 is 35.1 Å². The molecule has 3 aromatic heterocycles.